The molecular formula is C9H17NO2. The minimum Gasteiger partial charge on any atom is -0.468 e. The van der Waals surface area contributed by atoms with Crippen molar-refractivity contribution in [3.8, 4) is 0 Å². The van der Waals surface area contributed by atoms with Crippen LogP contribution in [-0.4, -0.2) is 37.1 Å². The number of methoxy groups -OCH3 is 1. The van der Waals surface area contributed by atoms with Gasteiger partial charge in [-0.25, -0.2) is 0 Å². The molecule has 0 amide bonds. The summed E-state index contributed by atoms with van der Waals surface area (Å²) in [5.74, 6) is -0.0719. The third-order valence-corrected chi connectivity index (χ3v) is 2.40. The molecule has 1 atom stereocenters. The molecule has 1 rings (SSSR count). The first-order valence-corrected chi connectivity index (χ1v) is 4.61. The molecule has 70 valence electrons. The quantitative estimate of drug-likeness (QED) is 0.592. The number of esters is 1. The summed E-state index contributed by atoms with van der Waals surface area (Å²) in [5, 5.41) is 0. The Kier molecular flexibility index (Phi) is 3.53. The fourth-order valence-electron chi connectivity index (χ4n) is 1.47. The molecule has 12 heavy (non-hydrogen) atoms. The van der Waals surface area contributed by atoms with E-state index in [2.05, 4.69) is 16.6 Å². The van der Waals surface area contributed by atoms with Gasteiger partial charge >= 0.3 is 5.97 Å². The van der Waals surface area contributed by atoms with Crippen molar-refractivity contribution in [3.05, 3.63) is 0 Å². The summed E-state index contributed by atoms with van der Waals surface area (Å²) in [6.45, 7) is 4.25. The molecule has 0 saturated carbocycles. The first-order valence-electron chi connectivity index (χ1n) is 4.61. The molecule has 1 aliphatic rings. The molecule has 0 aromatic heterocycles. The lowest BCUT2D eigenvalue weighted by molar-refractivity contribution is -0.151. The van der Waals surface area contributed by atoms with Gasteiger partial charge in [0.1, 0.15) is 6.04 Å². The van der Waals surface area contributed by atoms with Crippen molar-refractivity contribution in [1.82, 2.24) is 4.90 Å². The third-order valence-electron chi connectivity index (χ3n) is 2.40. The number of unbranched alkanes of at least 4 members (excludes halogenated alkanes) is 1. The Hall–Kier alpha value is -0.570. The molecule has 0 bridgehead atoms. The normalized spacial score (nSPS) is 23.3. The van der Waals surface area contributed by atoms with Crippen LogP contribution in [0.4, 0.5) is 0 Å². The smallest absolute Gasteiger partial charge is 0.323 e. The number of hydrogen-bond donors (Lipinski definition) is 0. The zero-order valence-corrected chi connectivity index (χ0v) is 7.88. The van der Waals surface area contributed by atoms with Crippen LogP contribution in [0.25, 0.3) is 0 Å². The second-order valence-corrected chi connectivity index (χ2v) is 3.22. The van der Waals surface area contributed by atoms with Crippen molar-refractivity contribution in [2.75, 3.05) is 20.2 Å². The highest BCUT2D eigenvalue weighted by atomic mass is 16.5. The van der Waals surface area contributed by atoms with Crippen LogP contribution in [0.1, 0.15) is 26.2 Å². The van der Waals surface area contributed by atoms with E-state index in [9.17, 15) is 4.79 Å². The monoisotopic (exact) mass is 171 g/mol. The maximum Gasteiger partial charge on any atom is 0.323 e. The molecule has 1 unspecified atom stereocenters. The third kappa shape index (κ3) is 1.97. The predicted molar refractivity (Wildman–Crippen MR) is 46.9 cm³/mol. The van der Waals surface area contributed by atoms with E-state index in [0.29, 0.717) is 0 Å². The van der Waals surface area contributed by atoms with Crippen LogP contribution in [0.2, 0.25) is 0 Å². The van der Waals surface area contributed by atoms with Crippen molar-refractivity contribution in [2.24, 2.45) is 0 Å². The summed E-state index contributed by atoms with van der Waals surface area (Å²) >= 11 is 0. The fraction of sp³-hybridized carbons (Fsp3) is 0.889. The average molecular weight is 171 g/mol. The topological polar surface area (TPSA) is 29.5 Å². The number of carbonyl (C=O) groups is 1. The van der Waals surface area contributed by atoms with Crippen LogP contribution in [0.5, 0.6) is 0 Å². The highest BCUT2D eigenvalue weighted by molar-refractivity contribution is 5.76. The maximum absolute atomic E-state index is 11.1. The predicted octanol–water partition coefficient (Wildman–Crippen LogP) is 1.03. The van der Waals surface area contributed by atoms with Crippen LogP contribution in [-0.2, 0) is 9.53 Å². The van der Waals surface area contributed by atoms with E-state index in [1.54, 1.807) is 0 Å². The van der Waals surface area contributed by atoms with E-state index < -0.39 is 0 Å². The van der Waals surface area contributed by atoms with Gasteiger partial charge < -0.3 is 4.74 Å². The Balaban J connectivity index is 2.24. The summed E-state index contributed by atoms with van der Waals surface area (Å²) in [4.78, 5) is 13.3. The lowest BCUT2D eigenvalue weighted by Gasteiger charge is -2.38. The van der Waals surface area contributed by atoms with Gasteiger partial charge in [0, 0.05) is 6.54 Å². The molecule has 0 spiro atoms. The van der Waals surface area contributed by atoms with Crippen LogP contribution >= 0.6 is 0 Å². The molecule has 0 aromatic carbocycles. The Morgan fingerprint density at radius 1 is 1.67 bits per heavy atom. The van der Waals surface area contributed by atoms with E-state index in [4.69, 9.17) is 0 Å². The van der Waals surface area contributed by atoms with Gasteiger partial charge in [-0.3, -0.25) is 9.69 Å². The molecule has 0 radical (unpaired) electrons. The van der Waals surface area contributed by atoms with E-state index in [1.165, 1.54) is 20.0 Å². The van der Waals surface area contributed by atoms with E-state index in [0.717, 1.165) is 19.5 Å². The molecule has 1 heterocycles. The standard InChI is InChI=1S/C9H17NO2/c1-3-4-6-10-7-5-8(10)9(11)12-2/h8H,3-7H2,1-2H3. The summed E-state index contributed by atoms with van der Waals surface area (Å²) in [7, 11) is 1.46. The minimum atomic E-state index is -0.0719. The Morgan fingerprint density at radius 3 is 2.83 bits per heavy atom. The minimum absolute atomic E-state index is 0.0570. The molecule has 1 aliphatic heterocycles. The van der Waals surface area contributed by atoms with Crippen LogP contribution < -0.4 is 0 Å². The number of carbonyl (C=O) groups excluding carboxylic acids is 1. The van der Waals surface area contributed by atoms with E-state index in [1.807, 2.05) is 0 Å². The molecule has 1 saturated heterocycles. The summed E-state index contributed by atoms with van der Waals surface area (Å²) < 4.78 is 4.68. The van der Waals surface area contributed by atoms with Crippen molar-refractivity contribution >= 4 is 5.97 Å². The van der Waals surface area contributed by atoms with Gasteiger partial charge in [0.15, 0.2) is 0 Å². The van der Waals surface area contributed by atoms with Gasteiger partial charge in [0.25, 0.3) is 0 Å². The fourth-order valence-corrected chi connectivity index (χ4v) is 1.47. The molecule has 3 nitrogen and oxygen atoms in total. The summed E-state index contributed by atoms with van der Waals surface area (Å²) in [5.41, 5.74) is 0. The van der Waals surface area contributed by atoms with Crippen molar-refractivity contribution in [3.63, 3.8) is 0 Å². The van der Waals surface area contributed by atoms with E-state index in [-0.39, 0.29) is 12.0 Å². The van der Waals surface area contributed by atoms with Gasteiger partial charge in [-0.05, 0) is 19.4 Å². The molecule has 0 N–H and O–H groups in total. The zero-order chi connectivity index (χ0) is 8.97. The van der Waals surface area contributed by atoms with Gasteiger partial charge in [-0.1, -0.05) is 13.3 Å². The van der Waals surface area contributed by atoms with Crippen molar-refractivity contribution in [1.29, 1.82) is 0 Å². The number of ether oxygens (including phenoxy) is 1. The van der Waals surface area contributed by atoms with Gasteiger partial charge in [-0.2, -0.15) is 0 Å². The highest BCUT2D eigenvalue weighted by Gasteiger charge is 2.33. The lowest BCUT2D eigenvalue weighted by atomic mass is 10.0. The zero-order valence-electron chi connectivity index (χ0n) is 7.88. The first-order chi connectivity index (χ1) is 5.79. The highest BCUT2D eigenvalue weighted by Crippen LogP contribution is 2.18. The van der Waals surface area contributed by atoms with Gasteiger partial charge in [0.2, 0.25) is 0 Å². The lowest BCUT2D eigenvalue weighted by Crippen LogP contribution is -2.52. The SMILES string of the molecule is CCCCN1CCC1C(=O)OC. The number of nitrogens with zero attached hydrogens (tertiary/aromatic N) is 1. The first kappa shape index (κ1) is 9.52. The molecular weight excluding hydrogens is 154 g/mol. The van der Waals surface area contributed by atoms with E-state index >= 15 is 0 Å². The van der Waals surface area contributed by atoms with Crippen LogP contribution in [0, 0.1) is 0 Å². The van der Waals surface area contributed by atoms with Gasteiger partial charge in [0.05, 0.1) is 7.11 Å². The molecule has 1 fully saturated rings. The average Bonchev–Trinajstić information content (AvgIpc) is 2.03. The Labute approximate surface area is 73.7 Å². The molecule has 0 aliphatic carbocycles. The Morgan fingerprint density at radius 2 is 2.42 bits per heavy atom. The summed E-state index contributed by atoms with van der Waals surface area (Å²) in [6.07, 6.45) is 3.33. The second-order valence-electron chi connectivity index (χ2n) is 3.22. The number of likely N-dealkylation sites (tertiary alicyclic amines) is 1. The van der Waals surface area contributed by atoms with Crippen LogP contribution in [0.3, 0.4) is 0 Å². The molecule has 3 heteroatoms. The van der Waals surface area contributed by atoms with Crippen molar-refractivity contribution in [2.45, 2.75) is 32.2 Å². The molecule has 0 aromatic rings. The van der Waals surface area contributed by atoms with Crippen LogP contribution in [0.15, 0.2) is 0 Å². The summed E-state index contributed by atoms with van der Waals surface area (Å²) in [6, 6.07) is 0.0570. The second kappa shape index (κ2) is 4.45. The number of rotatable bonds is 4. The van der Waals surface area contributed by atoms with Gasteiger partial charge in [-0.15, -0.1) is 0 Å². The van der Waals surface area contributed by atoms with Crippen molar-refractivity contribution < 1.29 is 9.53 Å². The maximum atomic E-state index is 11.1. The Bertz CT molecular complexity index is 159. The largest absolute Gasteiger partial charge is 0.468 e. The number of hydrogen-bond acceptors (Lipinski definition) is 3.